The van der Waals surface area contributed by atoms with Crippen LogP contribution in [0.2, 0.25) is 0 Å². The molecule has 0 aromatic carbocycles. The monoisotopic (exact) mass is 362 g/mol. The van der Waals surface area contributed by atoms with Crippen molar-refractivity contribution in [3.63, 3.8) is 0 Å². The SMILES string of the molecule is CN=C(NCCc1cccs1)NCC(C)N1CCc2sccc2C1. The van der Waals surface area contributed by atoms with Crippen LogP contribution < -0.4 is 10.6 Å². The summed E-state index contributed by atoms with van der Waals surface area (Å²) in [4.78, 5) is 9.86. The van der Waals surface area contributed by atoms with E-state index in [1.807, 2.05) is 29.7 Å². The highest BCUT2D eigenvalue weighted by atomic mass is 32.1. The summed E-state index contributed by atoms with van der Waals surface area (Å²) in [5.41, 5.74) is 1.51. The second-order valence-electron chi connectivity index (χ2n) is 6.15. The van der Waals surface area contributed by atoms with E-state index in [-0.39, 0.29) is 0 Å². The summed E-state index contributed by atoms with van der Waals surface area (Å²) in [6.07, 6.45) is 2.23. The number of fused-ring (bicyclic) bond motifs is 1. The third kappa shape index (κ3) is 4.59. The Morgan fingerprint density at radius 1 is 1.29 bits per heavy atom. The van der Waals surface area contributed by atoms with Crippen LogP contribution in [-0.2, 0) is 19.4 Å². The Kier molecular flexibility index (Phi) is 6.29. The maximum atomic E-state index is 4.33. The van der Waals surface area contributed by atoms with Crippen LogP contribution >= 0.6 is 22.7 Å². The van der Waals surface area contributed by atoms with Gasteiger partial charge in [0.2, 0.25) is 0 Å². The molecule has 1 unspecified atom stereocenters. The Hall–Kier alpha value is -1.37. The van der Waals surface area contributed by atoms with Crippen molar-refractivity contribution >= 4 is 28.6 Å². The molecule has 0 bridgehead atoms. The van der Waals surface area contributed by atoms with Crippen molar-refractivity contribution in [1.29, 1.82) is 0 Å². The topological polar surface area (TPSA) is 39.7 Å². The average Bonchev–Trinajstić information content (AvgIpc) is 3.28. The molecule has 0 saturated carbocycles. The minimum atomic E-state index is 0.494. The number of rotatable bonds is 6. The zero-order chi connectivity index (χ0) is 16.8. The molecule has 0 fully saturated rings. The molecule has 1 aliphatic rings. The van der Waals surface area contributed by atoms with E-state index in [9.17, 15) is 0 Å². The van der Waals surface area contributed by atoms with Crippen LogP contribution in [0.1, 0.15) is 22.2 Å². The van der Waals surface area contributed by atoms with Crippen LogP contribution in [-0.4, -0.2) is 43.6 Å². The number of hydrogen-bond acceptors (Lipinski definition) is 4. The molecule has 130 valence electrons. The Bertz CT molecular complexity index is 648. The van der Waals surface area contributed by atoms with E-state index >= 15 is 0 Å². The lowest BCUT2D eigenvalue weighted by Gasteiger charge is -2.32. The fourth-order valence-electron chi connectivity index (χ4n) is 3.00. The molecular weight excluding hydrogens is 336 g/mol. The van der Waals surface area contributed by atoms with E-state index in [1.54, 1.807) is 4.88 Å². The molecule has 0 saturated heterocycles. The Morgan fingerprint density at radius 2 is 2.21 bits per heavy atom. The molecule has 1 aliphatic heterocycles. The quantitative estimate of drug-likeness (QED) is 0.613. The highest BCUT2D eigenvalue weighted by Crippen LogP contribution is 2.24. The van der Waals surface area contributed by atoms with Crippen molar-refractivity contribution in [2.75, 3.05) is 26.7 Å². The van der Waals surface area contributed by atoms with Crippen molar-refractivity contribution in [1.82, 2.24) is 15.5 Å². The van der Waals surface area contributed by atoms with Gasteiger partial charge >= 0.3 is 0 Å². The van der Waals surface area contributed by atoms with Crippen LogP contribution in [0.25, 0.3) is 0 Å². The highest BCUT2D eigenvalue weighted by molar-refractivity contribution is 7.10. The lowest BCUT2D eigenvalue weighted by Crippen LogP contribution is -2.47. The van der Waals surface area contributed by atoms with Gasteiger partial charge in [0.15, 0.2) is 5.96 Å². The molecule has 6 heteroatoms. The van der Waals surface area contributed by atoms with Gasteiger partial charge in [-0.25, -0.2) is 0 Å². The minimum Gasteiger partial charge on any atom is -0.356 e. The van der Waals surface area contributed by atoms with Crippen molar-refractivity contribution in [2.45, 2.75) is 32.4 Å². The third-order valence-electron chi connectivity index (χ3n) is 4.49. The Morgan fingerprint density at radius 3 is 3.00 bits per heavy atom. The molecule has 2 aromatic rings. The summed E-state index contributed by atoms with van der Waals surface area (Å²) < 4.78 is 0. The van der Waals surface area contributed by atoms with Gasteiger partial charge in [0.25, 0.3) is 0 Å². The van der Waals surface area contributed by atoms with E-state index in [0.29, 0.717) is 6.04 Å². The summed E-state index contributed by atoms with van der Waals surface area (Å²) >= 11 is 3.71. The lowest BCUT2D eigenvalue weighted by molar-refractivity contribution is 0.192. The minimum absolute atomic E-state index is 0.494. The normalized spacial score (nSPS) is 16.7. The fraction of sp³-hybridized carbons (Fsp3) is 0.500. The standard InChI is InChI=1S/C18H26N4S2/c1-14(22-9-6-17-15(13-22)7-11-24-17)12-21-18(19-2)20-8-5-16-4-3-10-23-16/h3-4,7,10-11,14H,5-6,8-9,12-13H2,1-2H3,(H2,19,20,21). The molecule has 0 amide bonds. The number of thiophene rings is 2. The number of nitrogens with one attached hydrogen (secondary N) is 2. The van der Waals surface area contributed by atoms with Crippen LogP contribution in [0, 0.1) is 0 Å². The summed E-state index contributed by atoms with van der Waals surface area (Å²) in [7, 11) is 1.84. The Balaban J connectivity index is 1.40. The van der Waals surface area contributed by atoms with Crippen LogP contribution in [0.15, 0.2) is 34.0 Å². The fourth-order valence-corrected chi connectivity index (χ4v) is 4.60. The predicted molar refractivity (Wildman–Crippen MR) is 105 cm³/mol. The van der Waals surface area contributed by atoms with Crippen LogP contribution in [0.5, 0.6) is 0 Å². The summed E-state index contributed by atoms with van der Waals surface area (Å²) in [6.45, 7) is 6.35. The first-order valence-corrected chi connectivity index (χ1v) is 10.3. The molecule has 2 aromatic heterocycles. The Labute approximate surface area is 152 Å². The second kappa shape index (κ2) is 8.65. The van der Waals surface area contributed by atoms with Gasteiger partial charge in [0, 0.05) is 49.0 Å². The molecule has 1 atom stereocenters. The number of nitrogens with zero attached hydrogens (tertiary/aromatic N) is 2. The van der Waals surface area contributed by atoms with Crippen molar-refractivity contribution in [3.05, 3.63) is 44.3 Å². The van der Waals surface area contributed by atoms with Gasteiger partial charge in [-0.15, -0.1) is 22.7 Å². The van der Waals surface area contributed by atoms with Gasteiger partial charge in [-0.1, -0.05) is 6.07 Å². The summed E-state index contributed by atoms with van der Waals surface area (Å²) in [6, 6.07) is 7.05. The maximum absolute atomic E-state index is 4.33. The van der Waals surface area contributed by atoms with Crippen molar-refractivity contribution in [3.8, 4) is 0 Å². The van der Waals surface area contributed by atoms with Crippen molar-refractivity contribution < 1.29 is 0 Å². The maximum Gasteiger partial charge on any atom is 0.191 e. The molecule has 24 heavy (non-hydrogen) atoms. The number of guanidine groups is 1. The molecule has 4 nitrogen and oxygen atoms in total. The summed E-state index contributed by atoms with van der Waals surface area (Å²) in [5.74, 6) is 0.895. The van der Waals surface area contributed by atoms with Gasteiger partial charge in [-0.05, 0) is 48.2 Å². The predicted octanol–water partition coefficient (Wildman–Crippen LogP) is 2.96. The van der Waals surface area contributed by atoms with Gasteiger partial charge in [0.05, 0.1) is 0 Å². The van der Waals surface area contributed by atoms with Gasteiger partial charge < -0.3 is 10.6 Å². The highest BCUT2D eigenvalue weighted by Gasteiger charge is 2.21. The molecule has 2 N–H and O–H groups in total. The van der Waals surface area contributed by atoms with Gasteiger partial charge in [0.1, 0.15) is 0 Å². The van der Waals surface area contributed by atoms with Gasteiger partial charge in [-0.2, -0.15) is 0 Å². The van der Waals surface area contributed by atoms with E-state index in [0.717, 1.165) is 38.6 Å². The zero-order valence-corrected chi connectivity index (χ0v) is 16.1. The number of hydrogen-bond donors (Lipinski definition) is 2. The van der Waals surface area contributed by atoms with E-state index in [4.69, 9.17) is 0 Å². The first-order chi connectivity index (χ1) is 11.8. The first-order valence-electron chi connectivity index (χ1n) is 8.52. The van der Waals surface area contributed by atoms with E-state index in [1.165, 1.54) is 16.9 Å². The largest absolute Gasteiger partial charge is 0.356 e. The molecule has 0 spiro atoms. The van der Waals surface area contributed by atoms with E-state index in [2.05, 4.69) is 56.4 Å². The second-order valence-corrected chi connectivity index (χ2v) is 8.18. The van der Waals surface area contributed by atoms with Gasteiger partial charge in [-0.3, -0.25) is 9.89 Å². The van der Waals surface area contributed by atoms with Crippen molar-refractivity contribution in [2.24, 2.45) is 4.99 Å². The van der Waals surface area contributed by atoms with Crippen LogP contribution in [0.3, 0.4) is 0 Å². The zero-order valence-electron chi connectivity index (χ0n) is 14.4. The van der Waals surface area contributed by atoms with E-state index < -0.39 is 0 Å². The summed E-state index contributed by atoms with van der Waals surface area (Å²) in [5, 5.41) is 11.2. The third-order valence-corrected chi connectivity index (χ3v) is 6.45. The number of aliphatic imine (C=N–C) groups is 1. The van der Waals surface area contributed by atoms with Crippen LogP contribution in [0.4, 0.5) is 0 Å². The molecule has 3 rings (SSSR count). The molecular formula is C18H26N4S2. The molecule has 3 heterocycles. The average molecular weight is 363 g/mol. The lowest BCUT2D eigenvalue weighted by atomic mass is 10.1. The smallest absolute Gasteiger partial charge is 0.191 e. The first kappa shape index (κ1) is 17.5. The molecule has 0 radical (unpaired) electrons. The molecule has 0 aliphatic carbocycles.